The number of aromatic nitrogens is 5. The predicted molar refractivity (Wildman–Crippen MR) is 114 cm³/mol. The molecule has 0 N–H and O–H groups in total. The van der Waals surface area contributed by atoms with Gasteiger partial charge in [-0.05, 0) is 61.0 Å². The Labute approximate surface area is 184 Å². The lowest BCUT2D eigenvalue weighted by atomic mass is 10.0. The molecule has 10 heteroatoms. The number of pyridine rings is 1. The van der Waals surface area contributed by atoms with Crippen molar-refractivity contribution < 1.29 is 13.2 Å². The molecule has 0 radical (unpaired) electrons. The van der Waals surface area contributed by atoms with E-state index >= 15 is 0 Å². The Morgan fingerprint density at radius 3 is 2.34 bits per heavy atom. The molecule has 0 spiro atoms. The zero-order valence-electron chi connectivity index (χ0n) is 18.3. The highest BCUT2D eigenvalue weighted by Gasteiger charge is 2.34. The summed E-state index contributed by atoms with van der Waals surface area (Å²) in [7, 11) is 0. The number of halogens is 3. The van der Waals surface area contributed by atoms with Gasteiger partial charge in [0.25, 0.3) is 0 Å². The number of rotatable bonds is 4. The van der Waals surface area contributed by atoms with Gasteiger partial charge in [-0.1, -0.05) is 12.1 Å². The highest BCUT2D eigenvalue weighted by Crippen LogP contribution is 2.33. The van der Waals surface area contributed by atoms with Crippen LogP contribution in [0.4, 0.5) is 18.9 Å². The van der Waals surface area contributed by atoms with Gasteiger partial charge in [0.2, 0.25) is 0 Å². The summed E-state index contributed by atoms with van der Waals surface area (Å²) in [5, 5.41) is 12.5. The molecule has 3 heterocycles. The SMILES string of the molecule is CC(C)(C)n1nnnc1C(c1cccnc1)N1CCN(c2cccc(C(F)(F)F)c2)CC1. The van der Waals surface area contributed by atoms with E-state index in [0.29, 0.717) is 31.9 Å². The standard InChI is InChI=1S/C22H26F3N7/c1-21(2,3)32-20(27-28-29-32)19(16-6-5-9-26-15-16)31-12-10-30(11-13-31)18-8-4-7-17(14-18)22(23,24)25/h4-9,14-15,19H,10-13H2,1-3H3. The first-order valence-corrected chi connectivity index (χ1v) is 10.5. The molecule has 1 saturated heterocycles. The smallest absolute Gasteiger partial charge is 0.369 e. The summed E-state index contributed by atoms with van der Waals surface area (Å²) < 4.78 is 41.2. The van der Waals surface area contributed by atoms with Crippen LogP contribution in [0, 0.1) is 0 Å². The van der Waals surface area contributed by atoms with Crippen LogP contribution in [0.2, 0.25) is 0 Å². The van der Waals surface area contributed by atoms with Crippen LogP contribution in [0.5, 0.6) is 0 Å². The summed E-state index contributed by atoms with van der Waals surface area (Å²) in [6, 6.07) is 9.18. The minimum atomic E-state index is -4.35. The van der Waals surface area contributed by atoms with Gasteiger partial charge in [0.1, 0.15) is 0 Å². The first-order chi connectivity index (χ1) is 15.1. The molecule has 2 aromatic heterocycles. The van der Waals surface area contributed by atoms with Gasteiger partial charge in [-0.15, -0.1) is 5.10 Å². The minimum absolute atomic E-state index is 0.207. The summed E-state index contributed by atoms with van der Waals surface area (Å²) in [5.41, 5.74) is 0.617. The summed E-state index contributed by atoms with van der Waals surface area (Å²) in [6.07, 6.45) is -0.822. The maximum atomic E-state index is 13.1. The van der Waals surface area contributed by atoms with Crippen LogP contribution >= 0.6 is 0 Å². The molecule has 170 valence electrons. The fourth-order valence-corrected chi connectivity index (χ4v) is 4.02. The van der Waals surface area contributed by atoms with E-state index in [0.717, 1.165) is 17.5 Å². The molecule has 0 bridgehead atoms. The van der Waals surface area contributed by atoms with E-state index in [1.807, 2.05) is 48.7 Å². The second-order valence-corrected chi connectivity index (χ2v) is 8.88. The third kappa shape index (κ3) is 4.59. The Balaban J connectivity index is 1.59. The number of alkyl halides is 3. The van der Waals surface area contributed by atoms with Gasteiger partial charge in [0.05, 0.1) is 17.1 Å². The topological polar surface area (TPSA) is 63.0 Å². The van der Waals surface area contributed by atoms with Crippen LogP contribution < -0.4 is 4.90 Å². The Hall–Kier alpha value is -3.01. The van der Waals surface area contributed by atoms with Crippen molar-refractivity contribution in [3.05, 3.63) is 65.7 Å². The highest BCUT2D eigenvalue weighted by atomic mass is 19.4. The predicted octanol–water partition coefficient (Wildman–Crippen LogP) is 3.75. The Bertz CT molecular complexity index is 1040. The Morgan fingerprint density at radius 2 is 1.72 bits per heavy atom. The van der Waals surface area contributed by atoms with Crippen LogP contribution in [0.1, 0.15) is 43.8 Å². The summed E-state index contributed by atoms with van der Waals surface area (Å²) in [5.74, 6) is 0.720. The molecule has 4 rings (SSSR count). The van der Waals surface area contributed by atoms with E-state index < -0.39 is 11.7 Å². The van der Waals surface area contributed by atoms with Crippen molar-refractivity contribution in [3.63, 3.8) is 0 Å². The van der Waals surface area contributed by atoms with Crippen molar-refractivity contribution >= 4 is 5.69 Å². The monoisotopic (exact) mass is 445 g/mol. The number of benzene rings is 1. The zero-order chi connectivity index (χ0) is 22.9. The molecular weight excluding hydrogens is 419 g/mol. The van der Waals surface area contributed by atoms with Crippen LogP contribution in [0.15, 0.2) is 48.8 Å². The van der Waals surface area contributed by atoms with E-state index in [2.05, 4.69) is 25.4 Å². The number of hydrogen-bond acceptors (Lipinski definition) is 6. The molecule has 32 heavy (non-hydrogen) atoms. The molecule has 1 aliphatic rings. The summed E-state index contributed by atoms with van der Waals surface area (Å²) >= 11 is 0. The van der Waals surface area contributed by atoms with Crippen molar-refractivity contribution in [1.82, 2.24) is 30.1 Å². The number of tetrazole rings is 1. The number of hydrogen-bond donors (Lipinski definition) is 0. The first kappa shape index (κ1) is 22.2. The maximum Gasteiger partial charge on any atom is 0.416 e. The summed E-state index contributed by atoms with van der Waals surface area (Å²) in [4.78, 5) is 8.52. The van der Waals surface area contributed by atoms with E-state index in [1.54, 1.807) is 12.3 Å². The second kappa shape index (κ2) is 8.50. The van der Waals surface area contributed by atoms with Gasteiger partial charge in [0, 0.05) is 44.3 Å². The van der Waals surface area contributed by atoms with Crippen LogP contribution in [0.25, 0.3) is 0 Å². The fourth-order valence-electron chi connectivity index (χ4n) is 4.02. The van der Waals surface area contributed by atoms with E-state index in [9.17, 15) is 13.2 Å². The Morgan fingerprint density at radius 1 is 0.969 bits per heavy atom. The third-order valence-corrected chi connectivity index (χ3v) is 5.59. The molecule has 0 amide bonds. The molecule has 1 unspecified atom stereocenters. The van der Waals surface area contributed by atoms with Crippen molar-refractivity contribution in [2.75, 3.05) is 31.1 Å². The lowest BCUT2D eigenvalue weighted by Gasteiger charge is -2.40. The van der Waals surface area contributed by atoms with Crippen molar-refractivity contribution in [2.24, 2.45) is 0 Å². The van der Waals surface area contributed by atoms with Gasteiger partial charge in [-0.3, -0.25) is 9.88 Å². The average Bonchev–Trinajstić information content (AvgIpc) is 3.25. The van der Waals surface area contributed by atoms with Crippen molar-refractivity contribution in [3.8, 4) is 0 Å². The molecule has 7 nitrogen and oxygen atoms in total. The zero-order valence-corrected chi connectivity index (χ0v) is 18.3. The van der Waals surface area contributed by atoms with Crippen molar-refractivity contribution in [2.45, 2.75) is 38.5 Å². The van der Waals surface area contributed by atoms with E-state index in [1.165, 1.54) is 12.1 Å². The van der Waals surface area contributed by atoms with Crippen LogP contribution in [-0.4, -0.2) is 56.3 Å². The molecular formula is C22H26F3N7. The lowest BCUT2D eigenvalue weighted by molar-refractivity contribution is -0.137. The molecule has 3 aromatic rings. The number of nitrogens with zero attached hydrogens (tertiary/aromatic N) is 7. The van der Waals surface area contributed by atoms with E-state index in [-0.39, 0.29) is 11.6 Å². The molecule has 0 aliphatic carbocycles. The molecule has 1 fully saturated rings. The van der Waals surface area contributed by atoms with Gasteiger partial charge in [0.15, 0.2) is 5.82 Å². The van der Waals surface area contributed by atoms with E-state index in [4.69, 9.17) is 0 Å². The fraction of sp³-hybridized carbons (Fsp3) is 0.455. The molecule has 0 saturated carbocycles. The quantitative estimate of drug-likeness (QED) is 0.610. The lowest BCUT2D eigenvalue weighted by Crippen LogP contribution is -2.48. The largest absolute Gasteiger partial charge is 0.416 e. The van der Waals surface area contributed by atoms with Gasteiger partial charge in [-0.25, -0.2) is 4.68 Å². The number of anilines is 1. The first-order valence-electron chi connectivity index (χ1n) is 10.5. The number of piperazine rings is 1. The Kier molecular flexibility index (Phi) is 5.89. The van der Waals surface area contributed by atoms with Gasteiger partial charge >= 0.3 is 6.18 Å². The average molecular weight is 445 g/mol. The third-order valence-electron chi connectivity index (χ3n) is 5.59. The second-order valence-electron chi connectivity index (χ2n) is 8.88. The highest BCUT2D eigenvalue weighted by molar-refractivity contribution is 5.49. The minimum Gasteiger partial charge on any atom is -0.369 e. The molecule has 1 aromatic carbocycles. The van der Waals surface area contributed by atoms with Gasteiger partial charge in [-0.2, -0.15) is 13.2 Å². The maximum absolute atomic E-state index is 13.1. The normalized spacial score (nSPS) is 16.9. The van der Waals surface area contributed by atoms with Crippen LogP contribution in [-0.2, 0) is 11.7 Å². The van der Waals surface area contributed by atoms with Gasteiger partial charge < -0.3 is 4.90 Å². The van der Waals surface area contributed by atoms with Crippen molar-refractivity contribution in [1.29, 1.82) is 0 Å². The molecule has 1 aliphatic heterocycles. The van der Waals surface area contributed by atoms with Crippen LogP contribution in [0.3, 0.4) is 0 Å². The summed E-state index contributed by atoms with van der Waals surface area (Å²) in [6.45, 7) is 8.60. The molecule has 1 atom stereocenters.